The van der Waals surface area contributed by atoms with Crippen LogP contribution < -0.4 is 9.47 Å². The molecule has 0 aliphatic carbocycles. The van der Waals surface area contributed by atoms with E-state index in [0.29, 0.717) is 18.3 Å². The van der Waals surface area contributed by atoms with Crippen molar-refractivity contribution >= 4 is 11.9 Å². The summed E-state index contributed by atoms with van der Waals surface area (Å²) in [4.78, 5) is 4.38. The first-order chi connectivity index (χ1) is 11.1. The fourth-order valence-corrected chi connectivity index (χ4v) is 1.98. The number of benzene rings is 2. The van der Waals surface area contributed by atoms with Crippen LogP contribution in [0.5, 0.6) is 17.2 Å². The Balaban J connectivity index is 2.07. The quantitative estimate of drug-likeness (QED) is 0.761. The molecular weight excluding hydrogens is 290 g/mol. The molecule has 0 saturated heterocycles. The molecule has 0 saturated carbocycles. The van der Waals surface area contributed by atoms with E-state index >= 15 is 0 Å². The van der Waals surface area contributed by atoms with Crippen molar-refractivity contribution in [2.24, 2.45) is 10.9 Å². The van der Waals surface area contributed by atoms with Crippen LogP contribution in [0.1, 0.15) is 25.8 Å². The van der Waals surface area contributed by atoms with Gasteiger partial charge < -0.3 is 14.6 Å². The van der Waals surface area contributed by atoms with Crippen LogP contribution in [0.3, 0.4) is 0 Å². The zero-order chi connectivity index (χ0) is 16.7. The molecule has 122 valence electrons. The van der Waals surface area contributed by atoms with E-state index in [1.54, 1.807) is 37.6 Å². The fraction of sp³-hybridized carbons (Fsp3) is 0.316. The van der Waals surface area contributed by atoms with Gasteiger partial charge in [0.05, 0.1) is 19.4 Å². The van der Waals surface area contributed by atoms with Crippen molar-refractivity contribution in [3.05, 3.63) is 48.0 Å². The molecule has 0 heterocycles. The third-order valence-corrected chi connectivity index (χ3v) is 3.35. The van der Waals surface area contributed by atoms with Crippen molar-refractivity contribution in [3.8, 4) is 17.2 Å². The van der Waals surface area contributed by atoms with E-state index in [1.165, 1.54) is 0 Å². The van der Waals surface area contributed by atoms with Crippen molar-refractivity contribution in [1.82, 2.24) is 0 Å². The van der Waals surface area contributed by atoms with Crippen LogP contribution in [-0.4, -0.2) is 25.0 Å². The number of phenolic OH excluding ortho intramolecular Hbond substituents is 1. The Morgan fingerprint density at radius 2 is 1.83 bits per heavy atom. The van der Waals surface area contributed by atoms with Crippen molar-refractivity contribution in [2.75, 3.05) is 13.7 Å². The molecule has 0 unspecified atom stereocenters. The summed E-state index contributed by atoms with van der Waals surface area (Å²) in [5, 5.41) is 9.26. The lowest BCUT2D eigenvalue weighted by atomic mass is 10.1. The minimum absolute atomic E-state index is 0.230. The van der Waals surface area contributed by atoms with E-state index < -0.39 is 0 Å². The number of phenols is 1. The number of rotatable bonds is 7. The van der Waals surface area contributed by atoms with Gasteiger partial charge in [0.15, 0.2) is 11.5 Å². The fourth-order valence-electron chi connectivity index (χ4n) is 1.98. The van der Waals surface area contributed by atoms with Gasteiger partial charge in [0, 0.05) is 6.21 Å². The van der Waals surface area contributed by atoms with Gasteiger partial charge in [0.25, 0.3) is 0 Å². The Hall–Kier alpha value is -2.49. The molecule has 4 nitrogen and oxygen atoms in total. The Morgan fingerprint density at radius 3 is 2.48 bits per heavy atom. The van der Waals surface area contributed by atoms with Gasteiger partial charge in [0.2, 0.25) is 0 Å². The van der Waals surface area contributed by atoms with Crippen LogP contribution >= 0.6 is 0 Å². The SMILES string of the molecule is COc1cc(C=Nc2ccc(O)cc2)ccc1OCCC(C)C. The number of aromatic hydroxyl groups is 1. The van der Waals surface area contributed by atoms with Crippen LogP contribution in [0, 0.1) is 5.92 Å². The van der Waals surface area contributed by atoms with Gasteiger partial charge in [-0.2, -0.15) is 0 Å². The van der Waals surface area contributed by atoms with Crippen LogP contribution in [0.4, 0.5) is 5.69 Å². The van der Waals surface area contributed by atoms with Gasteiger partial charge in [-0.25, -0.2) is 0 Å². The number of hydrogen-bond donors (Lipinski definition) is 1. The number of methoxy groups -OCH3 is 1. The highest BCUT2D eigenvalue weighted by Gasteiger charge is 2.05. The Kier molecular flexibility index (Phi) is 6.03. The van der Waals surface area contributed by atoms with Crippen molar-refractivity contribution in [1.29, 1.82) is 0 Å². The molecule has 2 rings (SSSR count). The molecule has 2 aromatic rings. The molecule has 23 heavy (non-hydrogen) atoms. The average Bonchev–Trinajstić information content (AvgIpc) is 2.54. The topological polar surface area (TPSA) is 51.0 Å². The molecule has 1 N–H and O–H groups in total. The lowest BCUT2D eigenvalue weighted by Gasteiger charge is -2.12. The summed E-state index contributed by atoms with van der Waals surface area (Å²) < 4.78 is 11.2. The summed E-state index contributed by atoms with van der Waals surface area (Å²) in [6, 6.07) is 12.5. The first-order valence-corrected chi connectivity index (χ1v) is 7.72. The lowest BCUT2D eigenvalue weighted by Crippen LogP contribution is -2.02. The third-order valence-electron chi connectivity index (χ3n) is 3.35. The molecule has 0 aliphatic rings. The third kappa shape index (κ3) is 5.33. The lowest BCUT2D eigenvalue weighted by molar-refractivity contribution is 0.273. The molecule has 0 bridgehead atoms. The highest BCUT2D eigenvalue weighted by Crippen LogP contribution is 2.28. The second-order valence-corrected chi connectivity index (χ2v) is 5.72. The zero-order valence-electron chi connectivity index (χ0n) is 13.8. The molecule has 0 spiro atoms. The van der Waals surface area contributed by atoms with Gasteiger partial charge in [-0.05, 0) is 60.4 Å². The van der Waals surface area contributed by atoms with E-state index in [9.17, 15) is 5.11 Å². The second kappa shape index (κ2) is 8.22. The van der Waals surface area contributed by atoms with E-state index in [4.69, 9.17) is 9.47 Å². The smallest absolute Gasteiger partial charge is 0.161 e. The molecule has 0 radical (unpaired) electrons. The highest BCUT2D eigenvalue weighted by atomic mass is 16.5. The van der Waals surface area contributed by atoms with Crippen molar-refractivity contribution < 1.29 is 14.6 Å². The molecule has 0 fully saturated rings. The Morgan fingerprint density at radius 1 is 1.09 bits per heavy atom. The Labute approximate surface area is 137 Å². The normalized spacial score (nSPS) is 11.1. The van der Waals surface area contributed by atoms with Crippen LogP contribution in [0.2, 0.25) is 0 Å². The van der Waals surface area contributed by atoms with E-state index in [1.807, 2.05) is 18.2 Å². The molecular formula is C19H23NO3. The standard InChI is InChI=1S/C19H23NO3/c1-14(2)10-11-23-18-9-4-15(12-19(18)22-3)13-20-16-5-7-17(21)8-6-16/h4-9,12-14,21H,10-11H2,1-3H3. The predicted molar refractivity (Wildman–Crippen MR) is 93.3 cm³/mol. The number of hydrogen-bond acceptors (Lipinski definition) is 4. The minimum Gasteiger partial charge on any atom is -0.508 e. The molecule has 4 heteroatoms. The molecule has 0 atom stereocenters. The second-order valence-electron chi connectivity index (χ2n) is 5.72. The average molecular weight is 313 g/mol. The summed E-state index contributed by atoms with van der Waals surface area (Å²) in [5.41, 5.74) is 1.70. The minimum atomic E-state index is 0.230. The van der Waals surface area contributed by atoms with Gasteiger partial charge in [0.1, 0.15) is 5.75 Å². The highest BCUT2D eigenvalue weighted by molar-refractivity contribution is 5.83. The summed E-state index contributed by atoms with van der Waals surface area (Å²) in [6.07, 6.45) is 2.76. The maximum Gasteiger partial charge on any atom is 0.161 e. The van der Waals surface area contributed by atoms with E-state index in [2.05, 4.69) is 18.8 Å². The number of aliphatic imine (C=N–C) groups is 1. The van der Waals surface area contributed by atoms with Gasteiger partial charge >= 0.3 is 0 Å². The largest absolute Gasteiger partial charge is 0.508 e. The van der Waals surface area contributed by atoms with Crippen molar-refractivity contribution in [3.63, 3.8) is 0 Å². The maximum absolute atomic E-state index is 9.26. The summed E-state index contributed by atoms with van der Waals surface area (Å²) in [5.74, 6) is 2.28. The summed E-state index contributed by atoms with van der Waals surface area (Å²) in [7, 11) is 1.63. The van der Waals surface area contributed by atoms with E-state index in [0.717, 1.165) is 23.4 Å². The maximum atomic E-state index is 9.26. The first kappa shape index (κ1) is 16.9. The number of ether oxygens (including phenoxy) is 2. The molecule has 0 aromatic heterocycles. The molecule has 2 aromatic carbocycles. The zero-order valence-corrected chi connectivity index (χ0v) is 13.8. The van der Waals surface area contributed by atoms with Gasteiger partial charge in [-0.1, -0.05) is 13.8 Å². The monoisotopic (exact) mass is 313 g/mol. The summed E-state index contributed by atoms with van der Waals surface area (Å²) >= 11 is 0. The van der Waals surface area contributed by atoms with Gasteiger partial charge in [-0.15, -0.1) is 0 Å². The van der Waals surface area contributed by atoms with Crippen LogP contribution in [0.15, 0.2) is 47.5 Å². The number of nitrogens with zero attached hydrogens (tertiary/aromatic N) is 1. The summed E-state index contributed by atoms with van der Waals surface area (Å²) in [6.45, 7) is 5.02. The first-order valence-electron chi connectivity index (χ1n) is 7.72. The Bertz CT molecular complexity index is 648. The van der Waals surface area contributed by atoms with Gasteiger partial charge in [-0.3, -0.25) is 4.99 Å². The van der Waals surface area contributed by atoms with Crippen molar-refractivity contribution in [2.45, 2.75) is 20.3 Å². The molecule has 0 aliphatic heterocycles. The predicted octanol–water partition coefficient (Wildman–Crippen LogP) is 4.58. The van der Waals surface area contributed by atoms with E-state index in [-0.39, 0.29) is 5.75 Å². The van der Waals surface area contributed by atoms with Crippen LogP contribution in [0.25, 0.3) is 0 Å². The van der Waals surface area contributed by atoms with Crippen LogP contribution in [-0.2, 0) is 0 Å². The molecule has 0 amide bonds.